The van der Waals surface area contributed by atoms with Crippen molar-refractivity contribution in [3.8, 4) is 23.7 Å². The molecule has 0 spiro atoms. The predicted molar refractivity (Wildman–Crippen MR) is 150 cm³/mol. The fourth-order valence-electron chi connectivity index (χ4n) is 3.79. The third-order valence-corrected chi connectivity index (χ3v) is 5.85. The van der Waals surface area contributed by atoms with Crippen molar-refractivity contribution >= 4 is 11.9 Å². The SMILES string of the molecule is C=COC(=O)Cc1ccc(C#Cc2cc(CC)c(C#Cc3ccc(COC(=O)C=C)c(F)c3)c(CC)c2)cc1. The van der Waals surface area contributed by atoms with Crippen molar-refractivity contribution in [2.24, 2.45) is 0 Å². The molecule has 0 saturated heterocycles. The van der Waals surface area contributed by atoms with Gasteiger partial charge < -0.3 is 9.47 Å². The molecule has 39 heavy (non-hydrogen) atoms. The summed E-state index contributed by atoms with van der Waals surface area (Å²) in [6, 6.07) is 16.1. The van der Waals surface area contributed by atoms with Crippen LogP contribution in [0.3, 0.4) is 0 Å². The van der Waals surface area contributed by atoms with Crippen LogP contribution in [-0.2, 0) is 44.9 Å². The zero-order valence-corrected chi connectivity index (χ0v) is 22.1. The van der Waals surface area contributed by atoms with Crippen LogP contribution >= 0.6 is 0 Å². The first-order valence-electron chi connectivity index (χ1n) is 12.5. The molecule has 0 aliphatic heterocycles. The molecule has 196 valence electrons. The Morgan fingerprint density at radius 2 is 1.44 bits per heavy atom. The average molecular weight is 521 g/mol. The summed E-state index contributed by atoms with van der Waals surface area (Å²) in [5.41, 5.74) is 6.41. The summed E-state index contributed by atoms with van der Waals surface area (Å²) in [4.78, 5) is 22.8. The van der Waals surface area contributed by atoms with E-state index in [1.54, 1.807) is 12.1 Å². The minimum absolute atomic E-state index is 0.165. The molecule has 0 aromatic heterocycles. The predicted octanol–water partition coefficient (Wildman–Crippen LogP) is 6.21. The van der Waals surface area contributed by atoms with Crippen molar-refractivity contribution in [3.05, 3.63) is 130 Å². The molecule has 0 atom stereocenters. The van der Waals surface area contributed by atoms with Gasteiger partial charge in [0.05, 0.1) is 12.7 Å². The number of ether oxygens (including phenoxy) is 2. The minimum Gasteiger partial charge on any atom is -0.458 e. The van der Waals surface area contributed by atoms with E-state index in [9.17, 15) is 14.0 Å². The van der Waals surface area contributed by atoms with E-state index in [-0.39, 0.29) is 24.6 Å². The molecule has 0 unspecified atom stereocenters. The van der Waals surface area contributed by atoms with Gasteiger partial charge in [0.15, 0.2) is 0 Å². The van der Waals surface area contributed by atoms with Crippen LogP contribution in [0.5, 0.6) is 0 Å². The summed E-state index contributed by atoms with van der Waals surface area (Å²) >= 11 is 0. The molecule has 0 radical (unpaired) electrons. The molecule has 0 fully saturated rings. The lowest BCUT2D eigenvalue weighted by molar-refractivity contribution is -0.139. The summed E-state index contributed by atoms with van der Waals surface area (Å²) in [7, 11) is 0. The molecule has 4 nitrogen and oxygen atoms in total. The standard InChI is InChI=1S/C34H29FO4/c1-5-28-19-27(14-11-24-9-12-26(13-10-24)22-34(37)38-8-4)20-29(6-2)31(28)18-16-25-15-17-30(32(35)21-25)23-39-33(36)7-3/h7-10,12-13,15,17,19-21H,3-6,22-23H2,1-2H3. The minimum atomic E-state index is -0.605. The molecule has 3 rings (SSSR count). The van der Waals surface area contributed by atoms with Crippen molar-refractivity contribution in [2.45, 2.75) is 39.7 Å². The summed E-state index contributed by atoms with van der Waals surface area (Å²) in [5.74, 6) is 11.3. The van der Waals surface area contributed by atoms with Gasteiger partial charge in [0.1, 0.15) is 12.4 Å². The maximum absolute atomic E-state index is 14.5. The molecule has 0 heterocycles. The average Bonchev–Trinajstić information content (AvgIpc) is 2.94. The van der Waals surface area contributed by atoms with Gasteiger partial charge in [-0.25, -0.2) is 9.18 Å². The van der Waals surface area contributed by atoms with Crippen LogP contribution in [0, 0.1) is 29.5 Å². The number of rotatable bonds is 8. The fraction of sp³-hybridized carbons (Fsp3) is 0.176. The molecule has 0 bridgehead atoms. The first kappa shape index (κ1) is 28.7. The van der Waals surface area contributed by atoms with E-state index in [0.717, 1.165) is 58.6 Å². The zero-order chi connectivity index (χ0) is 28.2. The largest absolute Gasteiger partial charge is 0.458 e. The molecule has 0 aliphatic rings. The van der Waals surface area contributed by atoms with Crippen LogP contribution in [-0.4, -0.2) is 11.9 Å². The highest BCUT2D eigenvalue weighted by atomic mass is 19.1. The van der Waals surface area contributed by atoms with Crippen molar-refractivity contribution in [1.29, 1.82) is 0 Å². The van der Waals surface area contributed by atoms with Gasteiger partial charge in [0.2, 0.25) is 0 Å². The fourth-order valence-corrected chi connectivity index (χ4v) is 3.79. The van der Waals surface area contributed by atoms with Gasteiger partial charge >= 0.3 is 11.9 Å². The van der Waals surface area contributed by atoms with Crippen molar-refractivity contribution in [1.82, 2.24) is 0 Å². The summed E-state index contributed by atoms with van der Waals surface area (Å²) in [6.45, 7) is 10.7. The zero-order valence-electron chi connectivity index (χ0n) is 22.1. The number of hydrogen-bond donors (Lipinski definition) is 0. The van der Waals surface area contributed by atoms with E-state index in [0.29, 0.717) is 5.56 Å². The lowest BCUT2D eigenvalue weighted by Crippen LogP contribution is -2.03. The lowest BCUT2D eigenvalue weighted by Gasteiger charge is -2.09. The summed E-state index contributed by atoms with van der Waals surface area (Å²) < 4.78 is 24.2. The van der Waals surface area contributed by atoms with Crippen LogP contribution < -0.4 is 0 Å². The highest BCUT2D eigenvalue weighted by Gasteiger charge is 2.08. The van der Waals surface area contributed by atoms with E-state index >= 15 is 0 Å². The summed E-state index contributed by atoms with van der Waals surface area (Å²) in [6.07, 6.45) is 3.87. The Labute approximate surface area is 229 Å². The van der Waals surface area contributed by atoms with Crippen molar-refractivity contribution in [3.63, 3.8) is 0 Å². The Morgan fingerprint density at radius 1 is 0.821 bits per heavy atom. The lowest BCUT2D eigenvalue weighted by atomic mass is 9.94. The van der Waals surface area contributed by atoms with E-state index in [1.165, 1.54) is 6.07 Å². The van der Waals surface area contributed by atoms with E-state index < -0.39 is 11.8 Å². The number of aryl methyl sites for hydroxylation is 2. The molecule has 3 aromatic carbocycles. The molecule has 0 saturated carbocycles. The molecule has 3 aromatic rings. The molecule has 0 amide bonds. The van der Waals surface area contributed by atoms with E-state index in [1.807, 2.05) is 36.4 Å². The number of benzene rings is 3. The number of halogens is 1. The van der Waals surface area contributed by atoms with Gasteiger partial charge in [-0.05, 0) is 65.9 Å². The maximum atomic E-state index is 14.5. The Kier molecular flexibility index (Phi) is 10.4. The van der Waals surface area contributed by atoms with Crippen LogP contribution in [0.2, 0.25) is 0 Å². The topological polar surface area (TPSA) is 52.6 Å². The Hall–Kier alpha value is -4.87. The molecular formula is C34H29FO4. The van der Waals surface area contributed by atoms with Gasteiger partial charge in [-0.2, -0.15) is 0 Å². The Morgan fingerprint density at radius 3 is 2.03 bits per heavy atom. The highest BCUT2D eigenvalue weighted by molar-refractivity contribution is 5.81. The normalized spacial score (nSPS) is 9.82. The third kappa shape index (κ3) is 8.32. The monoisotopic (exact) mass is 520 g/mol. The van der Waals surface area contributed by atoms with Crippen LogP contribution in [0.1, 0.15) is 58.4 Å². The van der Waals surface area contributed by atoms with Crippen LogP contribution in [0.15, 0.2) is 80.1 Å². The van der Waals surface area contributed by atoms with Gasteiger partial charge in [0.25, 0.3) is 0 Å². The number of esters is 2. The van der Waals surface area contributed by atoms with Crippen LogP contribution in [0.4, 0.5) is 4.39 Å². The second-order valence-electron chi connectivity index (χ2n) is 8.52. The second kappa shape index (κ2) is 14.2. The first-order chi connectivity index (χ1) is 18.9. The molecule has 0 aliphatic carbocycles. The van der Waals surface area contributed by atoms with Gasteiger partial charge in [-0.3, -0.25) is 4.79 Å². The molecular weight excluding hydrogens is 491 g/mol. The van der Waals surface area contributed by atoms with E-state index in [2.05, 4.69) is 50.7 Å². The van der Waals surface area contributed by atoms with E-state index in [4.69, 9.17) is 9.47 Å². The van der Waals surface area contributed by atoms with Gasteiger partial charge in [0, 0.05) is 33.9 Å². The maximum Gasteiger partial charge on any atom is 0.330 e. The number of carbonyl (C=O) groups excluding carboxylic acids is 2. The van der Waals surface area contributed by atoms with Gasteiger partial charge in [-0.1, -0.05) is 68.9 Å². The number of carbonyl (C=O) groups is 2. The summed E-state index contributed by atoms with van der Waals surface area (Å²) in [5, 5.41) is 0. The quantitative estimate of drug-likeness (QED) is 0.153. The second-order valence-corrected chi connectivity index (χ2v) is 8.52. The third-order valence-electron chi connectivity index (χ3n) is 5.85. The van der Waals surface area contributed by atoms with Gasteiger partial charge in [-0.15, -0.1) is 0 Å². The smallest absolute Gasteiger partial charge is 0.330 e. The molecule has 5 heteroatoms. The molecule has 0 N–H and O–H groups in total. The first-order valence-corrected chi connectivity index (χ1v) is 12.5. The Balaban J connectivity index is 1.81. The number of hydrogen-bond acceptors (Lipinski definition) is 4. The highest BCUT2D eigenvalue weighted by Crippen LogP contribution is 2.19. The van der Waals surface area contributed by atoms with Crippen molar-refractivity contribution in [2.75, 3.05) is 0 Å². The Bertz CT molecular complexity index is 1480. The van der Waals surface area contributed by atoms with Crippen LogP contribution in [0.25, 0.3) is 0 Å². The van der Waals surface area contributed by atoms with Crippen molar-refractivity contribution < 1.29 is 23.5 Å².